The maximum Gasteiger partial charge on any atom is 0.260 e. The molecule has 1 aliphatic heterocycles. The van der Waals surface area contributed by atoms with Crippen molar-refractivity contribution in [3.05, 3.63) is 53.6 Å². The second-order valence-corrected chi connectivity index (χ2v) is 10.9. The van der Waals surface area contributed by atoms with E-state index in [2.05, 4.69) is 9.88 Å². The standard InChI is InChI=1S/C22H23F2N3O4S2/c1-2-33(29,30)17-5-3-15(4-6-17)21(28)27(8-7-26-9-11-31-12-10-26)22-25-20-18(24)13-16(23)14-19(20)32-22/h3-6,13-14H,2,7-12H2,1H3. The molecule has 11 heteroatoms. The fourth-order valence-corrected chi connectivity index (χ4v) is 5.45. The Labute approximate surface area is 194 Å². The zero-order chi connectivity index (χ0) is 23.6. The van der Waals surface area contributed by atoms with Crippen LogP contribution in [0.2, 0.25) is 0 Å². The van der Waals surface area contributed by atoms with Crippen molar-refractivity contribution < 1.29 is 26.7 Å². The molecule has 176 valence electrons. The molecule has 7 nitrogen and oxygen atoms in total. The third-order valence-corrected chi connectivity index (χ3v) is 8.24. The fraction of sp³-hybridized carbons (Fsp3) is 0.364. The van der Waals surface area contributed by atoms with E-state index in [1.165, 1.54) is 35.2 Å². The smallest absolute Gasteiger partial charge is 0.260 e. The number of carbonyl (C=O) groups excluding carboxylic acids is 1. The monoisotopic (exact) mass is 495 g/mol. The van der Waals surface area contributed by atoms with Gasteiger partial charge in [0, 0.05) is 37.8 Å². The van der Waals surface area contributed by atoms with Crippen LogP contribution < -0.4 is 4.90 Å². The number of anilines is 1. The van der Waals surface area contributed by atoms with Crippen molar-refractivity contribution in [3.8, 4) is 0 Å². The van der Waals surface area contributed by atoms with E-state index in [1.54, 1.807) is 6.92 Å². The average Bonchev–Trinajstić information content (AvgIpc) is 3.24. The maximum absolute atomic E-state index is 14.2. The number of ether oxygens (including phenoxy) is 1. The minimum atomic E-state index is -3.39. The molecule has 33 heavy (non-hydrogen) atoms. The molecular formula is C22H23F2N3O4S2. The number of benzene rings is 2. The Bertz CT molecular complexity index is 1260. The van der Waals surface area contributed by atoms with Gasteiger partial charge in [0.1, 0.15) is 11.3 Å². The molecule has 0 atom stereocenters. The SMILES string of the molecule is CCS(=O)(=O)c1ccc(C(=O)N(CCN2CCOCC2)c2nc3c(F)cc(F)cc3s2)cc1. The van der Waals surface area contributed by atoms with Crippen LogP contribution in [-0.2, 0) is 14.6 Å². The number of morpholine rings is 1. The van der Waals surface area contributed by atoms with Crippen LogP contribution in [-0.4, -0.2) is 69.4 Å². The molecule has 2 aromatic carbocycles. The third-order valence-electron chi connectivity index (χ3n) is 5.46. The van der Waals surface area contributed by atoms with Crippen LogP contribution >= 0.6 is 11.3 Å². The first-order valence-corrected chi connectivity index (χ1v) is 13.0. The highest BCUT2D eigenvalue weighted by molar-refractivity contribution is 7.91. The summed E-state index contributed by atoms with van der Waals surface area (Å²) in [6, 6.07) is 7.67. The van der Waals surface area contributed by atoms with Crippen LogP contribution in [0.3, 0.4) is 0 Å². The predicted molar refractivity (Wildman–Crippen MR) is 123 cm³/mol. The molecule has 0 saturated carbocycles. The van der Waals surface area contributed by atoms with Crippen molar-refractivity contribution in [2.24, 2.45) is 0 Å². The number of rotatable bonds is 7. The lowest BCUT2D eigenvalue weighted by Crippen LogP contribution is -2.43. The fourth-order valence-electron chi connectivity index (χ4n) is 3.54. The van der Waals surface area contributed by atoms with Gasteiger partial charge in [0.05, 0.1) is 28.6 Å². The molecule has 1 aromatic heterocycles. The van der Waals surface area contributed by atoms with E-state index in [0.717, 1.165) is 30.5 Å². The number of thiazole rings is 1. The molecule has 1 fully saturated rings. The number of carbonyl (C=O) groups is 1. The molecule has 1 saturated heterocycles. The molecule has 0 bridgehead atoms. The average molecular weight is 496 g/mol. The van der Waals surface area contributed by atoms with E-state index < -0.39 is 27.4 Å². The molecule has 1 aliphatic rings. The Morgan fingerprint density at radius 2 is 1.88 bits per heavy atom. The van der Waals surface area contributed by atoms with Gasteiger partial charge in [0.15, 0.2) is 20.8 Å². The van der Waals surface area contributed by atoms with Crippen molar-refractivity contribution >= 4 is 42.4 Å². The van der Waals surface area contributed by atoms with Gasteiger partial charge in [0.2, 0.25) is 0 Å². The van der Waals surface area contributed by atoms with Gasteiger partial charge in [-0.25, -0.2) is 22.2 Å². The molecule has 2 heterocycles. The quantitative estimate of drug-likeness (QED) is 0.500. The van der Waals surface area contributed by atoms with Gasteiger partial charge in [-0.15, -0.1) is 0 Å². The Morgan fingerprint density at radius 3 is 2.55 bits per heavy atom. The van der Waals surface area contributed by atoms with E-state index >= 15 is 0 Å². The Hall–Kier alpha value is -2.47. The van der Waals surface area contributed by atoms with Gasteiger partial charge in [-0.05, 0) is 30.3 Å². The Balaban J connectivity index is 1.66. The number of hydrogen-bond acceptors (Lipinski definition) is 7. The minimum Gasteiger partial charge on any atom is -0.379 e. The van der Waals surface area contributed by atoms with E-state index in [0.29, 0.717) is 24.5 Å². The number of nitrogens with zero attached hydrogens (tertiary/aromatic N) is 3. The summed E-state index contributed by atoms with van der Waals surface area (Å²) in [5.74, 6) is -1.94. The Morgan fingerprint density at radius 1 is 1.18 bits per heavy atom. The van der Waals surface area contributed by atoms with Gasteiger partial charge in [-0.2, -0.15) is 0 Å². The van der Waals surface area contributed by atoms with Gasteiger partial charge >= 0.3 is 0 Å². The lowest BCUT2D eigenvalue weighted by molar-refractivity contribution is 0.0391. The van der Waals surface area contributed by atoms with Gasteiger partial charge < -0.3 is 4.74 Å². The largest absolute Gasteiger partial charge is 0.379 e. The number of hydrogen-bond donors (Lipinski definition) is 0. The van der Waals surface area contributed by atoms with Crippen LogP contribution in [0.4, 0.5) is 13.9 Å². The second-order valence-electron chi connectivity index (χ2n) is 7.57. The van der Waals surface area contributed by atoms with Crippen LogP contribution in [0.25, 0.3) is 10.2 Å². The minimum absolute atomic E-state index is 0.00459. The van der Waals surface area contributed by atoms with Crippen molar-refractivity contribution in [1.29, 1.82) is 0 Å². The molecular weight excluding hydrogens is 472 g/mol. The summed E-state index contributed by atoms with van der Waals surface area (Å²) in [5, 5.41) is 0.248. The summed E-state index contributed by atoms with van der Waals surface area (Å²) < 4.78 is 57.8. The van der Waals surface area contributed by atoms with Crippen molar-refractivity contribution in [2.75, 3.05) is 50.0 Å². The summed E-state index contributed by atoms with van der Waals surface area (Å²) in [4.78, 5) is 21.4. The predicted octanol–water partition coefficient (Wildman–Crippen LogP) is 3.35. The molecule has 0 radical (unpaired) electrons. The zero-order valence-corrected chi connectivity index (χ0v) is 19.6. The normalized spacial score (nSPS) is 15.1. The van der Waals surface area contributed by atoms with Crippen LogP contribution in [0.5, 0.6) is 0 Å². The lowest BCUT2D eigenvalue weighted by Gasteiger charge is -2.29. The Kier molecular flexibility index (Phi) is 7.03. The van der Waals surface area contributed by atoms with Crippen molar-refractivity contribution in [2.45, 2.75) is 11.8 Å². The van der Waals surface area contributed by atoms with Crippen LogP contribution in [0.15, 0.2) is 41.3 Å². The first kappa shape index (κ1) is 23.7. The number of halogens is 2. The van der Waals surface area contributed by atoms with Gasteiger partial charge in [0.25, 0.3) is 5.91 Å². The summed E-state index contributed by atoms with van der Waals surface area (Å²) in [6.45, 7) is 5.04. The van der Waals surface area contributed by atoms with E-state index in [-0.39, 0.29) is 33.4 Å². The zero-order valence-electron chi connectivity index (χ0n) is 18.0. The van der Waals surface area contributed by atoms with Crippen LogP contribution in [0, 0.1) is 11.6 Å². The van der Waals surface area contributed by atoms with Crippen LogP contribution in [0.1, 0.15) is 17.3 Å². The second kappa shape index (κ2) is 9.80. The van der Waals surface area contributed by atoms with Crippen molar-refractivity contribution in [1.82, 2.24) is 9.88 Å². The van der Waals surface area contributed by atoms with E-state index in [1.807, 2.05) is 0 Å². The van der Waals surface area contributed by atoms with E-state index in [9.17, 15) is 22.0 Å². The molecule has 0 spiro atoms. The van der Waals surface area contributed by atoms with Gasteiger partial charge in [-0.3, -0.25) is 14.6 Å². The highest BCUT2D eigenvalue weighted by Crippen LogP contribution is 2.32. The maximum atomic E-state index is 14.2. The van der Waals surface area contributed by atoms with E-state index in [4.69, 9.17) is 4.74 Å². The first-order valence-electron chi connectivity index (χ1n) is 10.5. The first-order chi connectivity index (χ1) is 15.8. The topological polar surface area (TPSA) is 79.8 Å². The summed E-state index contributed by atoms with van der Waals surface area (Å²) in [6.07, 6.45) is 0. The molecule has 0 N–H and O–H groups in total. The number of sulfone groups is 1. The number of amides is 1. The van der Waals surface area contributed by atoms with Gasteiger partial charge in [-0.1, -0.05) is 18.3 Å². The molecule has 0 unspecified atom stereocenters. The molecule has 0 aliphatic carbocycles. The number of fused-ring (bicyclic) bond motifs is 1. The molecule has 1 amide bonds. The third kappa shape index (κ3) is 5.21. The molecule has 4 rings (SSSR count). The summed E-state index contributed by atoms with van der Waals surface area (Å²) >= 11 is 1.03. The summed E-state index contributed by atoms with van der Waals surface area (Å²) in [7, 11) is -3.39. The summed E-state index contributed by atoms with van der Waals surface area (Å²) in [5.41, 5.74) is 0.280. The highest BCUT2D eigenvalue weighted by atomic mass is 32.2. The lowest BCUT2D eigenvalue weighted by atomic mass is 10.2. The highest BCUT2D eigenvalue weighted by Gasteiger charge is 2.24. The number of aromatic nitrogens is 1. The molecule has 3 aromatic rings. The van der Waals surface area contributed by atoms with Crippen molar-refractivity contribution in [3.63, 3.8) is 0 Å².